The Bertz CT molecular complexity index is 535. The highest BCUT2D eigenvalue weighted by atomic mass is 32.1. The van der Waals surface area contributed by atoms with Crippen molar-refractivity contribution in [2.45, 2.75) is 32.0 Å². The van der Waals surface area contributed by atoms with Crippen molar-refractivity contribution >= 4 is 11.3 Å². The molecular formula is C15H17F3N2S. The molecule has 0 saturated heterocycles. The first-order valence-electron chi connectivity index (χ1n) is 6.79. The second-order valence-corrected chi connectivity index (χ2v) is 5.79. The van der Waals surface area contributed by atoms with Gasteiger partial charge in [-0.2, -0.15) is 13.2 Å². The van der Waals surface area contributed by atoms with Crippen molar-refractivity contribution < 1.29 is 13.2 Å². The fourth-order valence-corrected chi connectivity index (χ4v) is 2.76. The van der Waals surface area contributed by atoms with Gasteiger partial charge in [0.2, 0.25) is 0 Å². The maximum Gasteiger partial charge on any atom is 0.417 e. The Morgan fingerprint density at radius 3 is 2.62 bits per heavy atom. The van der Waals surface area contributed by atoms with Crippen LogP contribution in [0.3, 0.4) is 0 Å². The summed E-state index contributed by atoms with van der Waals surface area (Å²) in [7, 11) is 0. The van der Waals surface area contributed by atoms with Gasteiger partial charge in [-0.25, -0.2) is 0 Å². The number of thiophene rings is 1. The Kier molecular flexibility index (Phi) is 5.36. The number of halogens is 3. The van der Waals surface area contributed by atoms with Gasteiger partial charge in [-0.15, -0.1) is 11.3 Å². The van der Waals surface area contributed by atoms with E-state index in [9.17, 15) is 13.2 Å². The fraction of sp³-hybridized carbons (Fsp3) is 0.400. The number of hydrogen-bond acceptors (Lipinski definition) is 3. The van der Waals surface area contributed by atoms with Crippen LogP contribution in [-0.4, -0.2) is 11.5 Å². The summed E-state index contributed by atoms with van der Waals surface area (Å²) >= 11 is 1.64. The number of nitrogens with zero attached hydrogens (tertiary/aromatic N) is 1. The Labute approximate surface area is 126 Å². The summed E-state index contributed by atoms with van der Waals surface area (Å²) in [6.45, 7) is 2.86. The first-order valence-corrected chi connectivity index (χ1v) is 7.67. The fourth-order valence-electron chi connectivity index (χ4n) is 2.01. The average molecular weight is 314 g/mol. The van der Waals surface area contributed by atoms with Gasteiger partial charge in [-0.3, -0.25) is 4.98 Å². The molecule has 1 atom stereocenters. The molecule has 0 bridgehead atoms. The van der Waals surface area contributed by atoms with Gasteiger partial charge in [-0.05, 0) is 36.5 Å². The zero-order valence-electron chi connectivity index (χ0n) is 11.7. The SMILES string of the molecule is CCCNC(Cc1cccs1)c1ccc(C(F)(F)F)cn1. The molecule has 2 rings (SSSR count). The van der Waals surface area contributed by atoms with Crippen LogP contribution in [0.25, 0.3) is 0 Å². The summed E-state index contributed by atoms with van der Waals surface area (Å²) in [5.41, 5.74) is -0.0681. The second kappa shape index (κ2) is 7.04. The standard InChI is InChI=1S/C15H17F3N2S/c1-2-7-19-14(9-12-4-3-8-21-12)13-6-5-11(10-20-13)15(16,17)18/h3-6,8,10,14,19H,2,7,9H2,1H3. The molecule has 2 nitrogen and oxygen atoms in total. The topological polar surface area (TPSA) is 24.9 Å². The van der Waals surface area contributed by atoms with E-state index in [2.05, 4.69) is 17.2 Å². The third-order valence-electron chi connectivity index (χ3n) is 3.10. The van der Waals surface area contributed by atoms with Crippen molar-refractivity contribution in [3.05, 3.63) is 52.0 Å². The van der Waals surface area contributed by atoms with E-state index in [4.69, 9.17) is 0 Å². The summed E-state index contributed by atoms with van der Waals surface area (Å²) in [4.78, 5) is 5.19. The van der Waals surface area contributed by atoms with Crippen LogP contribution in [0.15, 0.2) is 35.8 Å². The average Bonchev–Trinajstić information content (AvgIpc) is 2.95. The molecule has 0 aromatic carbocycles. The van der Waals surface area contributed by atoms with E-state index in [1.165, 1.54) is 10.9 Å². The quantitative estimate of drug-likeness (QED) is 0.852. The lowest BCUT2D eigenvalue weighted by molar-refractivity contribution is -0.137. The van der Waals surface area contributed by atoms with Crippen molar-refractivity contribution in [1.82, 2.24) is 10.3 Å². The van der Waals surface area contributed by atoms with Crippen molar-refractivity contribution in [1.29, 1.82) is 0 Å². The van der Waals surface area contributed by atoms with Crippen LogP contribution in [-0.2, 0) is 12.6 Å². The second-order valence-electron chi connectivity index (χ2n) is 4.76. The molecule has 1 N–H and O–H groups in total. The molecule has 0 fully saturated rings. The minimum absolute atomic E-state index is 0.0640. The highest BCUT2D eigenvalue weighted by Crippen LogP contribution is 2.29. The molecule has 6 heteroatoms. The van der Waals surface area contributed by atoms with E-state index in [1.54, 1.807) is 11.3 Å². The van der Waals surface area contributed by atoms with Crippen LogP contribution in [0.5, 0.6) is 0 Å². The van der Waals surface area contributed by atoms with Gasteiger partial charge in [0.1, 0.15) is 0 Å². The lowest BCUT2D eigenvalue weighted by Crippen LogP contribution is -2.25. The third-order valence-corrected chi connectivity index (χ3v) is 4.00. The molecule has 0 amide bonds. The molecule has 114 valence electrons. The molecule has 0 aliphatic heterocycles. The molecule has 2 aromatic heterocycles. The van der Waals surface area contributed by atoms with Crippen LogP contribution in [0.1, 0.15) is 35.5 Å². The molecular weight excluding hydrogens is 297 g/mol. The van der Waals surface area contributed by atoms with Crippen LogP contribution in [0.4, 0.5) is 13.2 Å². The monoisotopic (exact) mass is 314 g/mol. The van der Waals surface area contributed by atoms with Crippen LogP contribution in [0.2, 0.25) is 0 Å². The maximum absolute atomic E-state index is 12.6. The van der Waals surface area contributed by atoms with Gasteiger partial charge in [0.25, 0.3) is 0 Å². The lowest BCUT2D eigenvalue weighted by Gasteiger charge is -2.18. The van der Waals surface area contributed by atoms with E-state index in [-0.39, 0.29) is 6.04 Å². The summed E-state index contributed by atoms with van der Waals surface area (Å²) in [6.07, 6.45) is -1.74. The van der Waals surface area contributed by atoms with E-state index in [0.717, 1.165) is 31.6 Å². The summed E-state index contributed by atoms with van der Waals surface area (Å²) in [5.74, 6) is 0. The van der Waals surface area contributed by atoms with Gasteiger partial charge >= 0.3 is 6.18 Å². The zero-order chi connectivity index (χ0) is 15.3. The van der Waals surface area contributed by atoms with E-state index in [1.807, 2.05) is 17.5 Å². The number of hydrogen-bond donors (Lipinski definition) is 1. The van der Waals surface area contributed by atoms with Crippen LogP contribution < -0.4 is 5.32 Å². The largest absolute Gasteiger partial charge is 0.417 e. The number of alkyl halides is 3. The van der Waals surface area contributed by atoms with E-state index < -0.39 is 11.7 Å². The smallest absolute Gasteiger partial charge is 0.308 e. The van der Waals surface area contributed by atoms with Gasteiger partial charge in [0, 0.05) is 17.5 Å². The first-order chi connectivity index (χ1) is 10.0. The molecule has 21 heavy (non-hydrogen) atoms. The first kappa shape index (κ1) is 16.0. The van der Waals surface area contributed by atoms with Crippen molar-refractivity contribution in [3.63, 3.8) is 0 Å². The van der Waals surface area contributed by atoms with Gasteiger partial charge in [-0.1, -0.05) is 13.0 Å². The molecule has 2 aromatic rings. The Morgan fingerprint density at radius 2 is 2.10 bits per heavy atom. The van der Waals surface area contributed by atoms with Gasteiger partial charge in [0.05, 0.1) is 17.3 Å². The van der Waals surface area contributed by atoms with Crippen LogP contribution >= 0.6 is 11.3 Å². The number of pyridine rings is 1. The lowest BCUT2D eigenvalue weighted by atomic mass is 10.1. The van der Waals surface area contributed by atoms with Crippen LogP contribution in [0, 0.1) is 0 Å². The summed E-state index contributed by atoms with van der Waals surface area (Å²) < 4.78 is 37.7. The number of aromatic nitrogens is 1. The third kappa shape index (κ3) is 4.54. The molecule has 0 radical (unpaired) electrons. The molecule has 0 aliphatic rings. The molecule has 0 saturated carbocycles. The number of nitrogens with one attached hydrogen (secondary N) is 1. The normalized spacial score (nSPS) is 13.3. The van der Waals surface area contributed by atoms with Gasteiger partial charge < -0.3 is 5.32 Å². The summed E-state index contributed by atoms with van der Waals surface area (Å²) in [6, 6.07) is 6.49. The van der Waals surface area contributed by atoms with E-state index in [0.29, 0.717) is 5.69 Å². The van der Waals surface area contributed by atoms with E-state index >= 15 is 0 Å². The predicted octanol–water partition coefficient (Wildman–Crippen LogP) is 4.45. The maximum atomic E-state index is 12.6. The van der Waals surface area contributed by atoms with Crippen molar-refractivity contribution in [3.8, 4) is 0 Å². The minimum Gasteiger partial charge on any atom is -0.308 e. The number of rotatable bonds is 6. The highest BCUT2D eigenvalue weighted by molar-refractivity contribution is 7.09. The zero-order valence-corrected chi connectivity index (χ0v) is 12.5. The highest BCUT2D eigenvalue weighted by Gasteiger charge is 2.31. The predicted molar refractivity (Wildman–Crippen MR) is 78.3 cm³/mol. The van der Waals surface area contributed by atoms with Crippen molar-refractivity contribution in [2.75, 3.05) is 6.54 Å². The molecule has 0 aliphatic carbocycles. The Hall–Kier alpha value is -1.40. The molecule has 0 spiro atoms. The summed E-state index contributed by atoms with van der Waals surface area (Å²) in [5, 5.41) is 5.34. The molecule has 2 heterocycles. The minimum atomic E-state index is -4.34. The Morgan fingerprint density at radius 1 is 1.29 bits per heavy atom. The Balaban J connectivity index is 2.15. The van der Waals surface area contributed by atoms with Crippen molar-refractivity contribution in [2.24, 2.45) is 0 Å². The van der Waals surface area contributed by atoms with Gasteiger partial charge in [0.15, 0.2) is 0 Å². The molecule has 1 unspecified atom stereocenters.